The molecule has 6 nitrogen and oxygen atoms in total. The summed E-state index contributed by atoms with van der Waals surface area (Å²) < 4.78 is 40.8. The van der Waals surface area contributed by atoms with Crippen LogP contribution in [0, 0.1) is 11.6 Å². The fraction of sp³-hybridized carbons (Fsp3) is 0.435. The van der Waals surface area contributed by atoms with E-state index in [9.17, 15) is 13.6 Å². The number of hydrogen-bond acceptors (Lipinski definition) is 5. The minimum absolute atomic E-state index is 0.204. The molecule has 2 aromatic heterocycles. The summed E-state index contributed by atoms with van der Waals surface area (Å²) in [6.45, 7) is 5.45. The average molecular weight is 427 g/mol. The highest BCUT2D eigenvalue weighted by Crippen LogP contribution is 2.56. The lowest BCUT2D eigenvalue weighted by Gasteiger charge is -2.18. The van der Waals surface area contributed by atoms with Gasteiger partial charge in [0, 0.05) is 17.5 Å². The first-order valence-corrected chi connectivity index (χ1v) is 10.5. The third-order valence-corrected chi connectivity index (χ3v) is 6.43. The molecule has 2 aliphatic carbocycles. The molecular formula is C23H23F2N3O3. The second kappa shape index (κ2) is 7.00. The van der Waals surface area contributed by atoms with Gasteiger partial charge in [-0.2, -0.15) is 5.10 Å². The van der Waals surface area contributed by atoms with Gasteiger partial charge in [-0.1, -0.05) is 0 Å². The Kier molecular flexibility index (Phi) is 4.50. The molecule has 1 aromatic carbocycles. The van der Waals surface area contributed by atoms with Crippen LogP contribution in [-0.2, 0) is 14.9 Å². The van der Waals surface area contributed by atoms with Crippen LogP contribution in [0.4, 0.5) is 8.78 Å². The van der Waals surface area contributed by atoms with Crippen molar-refractivity contribution in [3.8, 4) is 17.3 Å². The van der Waals surface area contributed by atoms with Crippen molar-refractivity contribution in [3.05, 3.63) is 53.0 Å². The van der Waals surface area contributed by atoms with Crippen LogP contribution in [0.2, 0.25) is 0 Å². The maximum atomic E-state index is 14.6. The number of rotatable bonds is 5. The van der Waals surface area contributed by atoms with Gasteiger partial charge < -0.3 is 9.15 Å². The molecule has 0 amide bonds. The monoisotopic (exact) mass is 427 g/mol. The summed E-state index contributed by atoms with van der Waals surface area (Å²) in [6.07, 6.45) is 4.54. The summed E-state index contributed by atoms with van der Waals surface area (Å²) in [5.74, 6) is -0.461. The molecule has 31 heavy (non-hydrogen) atoms. The molecule has 0 saturated heterocycles. The van der Waals surface area contributed by atoms with Crippen molar-refractivity contribution in [2.45, 2.75) is 57.3 Å². The van der Waals surface area contributed by atoms with Gasteiger partial charge in [0.2, 0.25) is 5.89 Å². The lowest BCUT2D eigenvalue weighted by Crippen LogP contribution is -2.30. The smallest absolute Gasteiger partial charge is 0.319 e. The van der Waals surface area contributed by atoms with Crippen molar-refractivity contribution in [1.82, 2.24) is 14.8 Å². The predicted molar refractivity (Wildman–Crippen MR) is 108 cm³/mol. The van der Waals surface area contributed by atoms with Crippen LogP contribution < -0.4 is 0 Å². The van der Waals surface area contributed by atoms with Crippen LogP contribution in [0.15, 0.2) is 28.8 Å². The minimum Gasteiger partial charge on any atom is -0.465 e. The average Bonchev–Trinajstić information content (AvgIpc) is 3.49. The van der Waals surface area contributed by atoms with E-state index in [2.05, 4.69) is 10.1 Å². The molecule has 0 unspecified atom stereocenters. The van der Waals surface area contributed by atoms with Crippen molar-refractivity contribution < 1.29 is 22.7 Å². The minimum atomic E-state index is -1.00. The molecule has 1 saturated carbocycles. The zero-order chi connectivity index (χ0) is 21.9. The maximum absolute atomic E-state index is 14.6. The molecule has 162 valence electrons. The second-order valence-electron chi connectivity index (χ2n) is 8.74. The number of ether oxygens (including phenoxy) is 1. The Bertz CT molecular complexity index is 1180. The van der Waals surface area contributed by atoms with Gasteiger partial charge in [-0.05, 0) is 58.1 Å². The summed E-state index contributed by atoms with van der Waals surface area (Å²) in [6, 6.07) is 3.49. The number of esters is 1. The van der Waals surface area contributed by atoms with Gasteiger partial charge in [0.1, 0.15) is 22.7 Å². The van der Waals surface area contributed by atoms with Gasteiger partial charge in [-0.25, -0.2) is 18.4 Å². The van der Waals surface area contributed by atoms with Gasteiger partial charge in [-0.3, -0.25) is 4.79 Å². The van der Waals surface area contributed by atoms with E-state index >= 15 is 0 Å². The zero-order valence-electron chi connectivity index (χ0n) is 17.6. The first-order valence-electron chi connectivity index (χ1n) is 10.5. The largest absolute Gasteiger partial charge is 0.465 e. The number of oxazole rings is 1. The summed E-state index contributed by atoms with van der Waals surface area (Å²) in [7, 11) is 0. The van der Waals surface area contributed by atoms with Gasteiger partial charge in [0.25, 0.3) is 0 Å². The Morgan fingerprint density at radius 1 is 1.29 bits per heavy atom. The van der Waals surface area contributed by atoms with Crippen molar-refractivity contribution in [3.63, 3.8) is 0 Å². The zero-order valence-corrected chi connectivity index (χ0v) is 17.6. The first-order chi connectivity index (χ1) is 14.8. The number of halogens is 2. The van der Waals surface area contributed by atoms with Crippen molar-refractivity contribution in [2.24, 2.45) is 0 Å². The van der Waals surface area contributed by atoms with Crippen LogP contribution in [-0.4, -0.2) is 27.3 Å². The Balaban J connectivity index is 1.62. The van der Waals surface area contributed by atoms with Crippen LogP contribution in [0.25, 0.3) is 17.3 Å². The molecule has 2 heterocycles. The molecule has 3 aromatic rings. The Labute approximate surface area is 178 Å². The molecule has 2 bridgehead atoms. The van der Waals surface area contributed by atoms with E-state index in [0.717, 1.165) is 36.6 Å². The van der Waals surface area contributed by atoms with E-state index in [4.69, 9.17) is 9.15 Å². The third kappa shape index (κ3) is 2.99. The quantitative estimate of drug-likeness (QED) is 0.535. The van der Waals surface area contributed by atoms with Gasteiger partial charge >= 0.3 is 5.97 Å². The molecule has 0 aliphatic heterocycles. The van der Waals surface area contributed by atoms with Crippen molar-refractivity contribution in [1.29, 1.82) is 0 Å². The van der Waals surface area contributed by atoms with Gasteiger partial charge in [0.15, 0.2) is 11.5 Å². The third-order valence-electron chi connectivity index (χ3n) is 6.43. The number of fused-ring (bicyclic) bond motifs is 5. The normalized spacial score (nSPS) is 19.6. The lowest BCUT2D eigenvalue weighted by molar-refractivity contribution is -0.149. The topological polar surface area (TPSA) is 70.2 Å². The van der Waals surface area contributed by atoms with E-state index in [-0.39, 0.29) is 24.1 Å². The molecular weight excluding hydrogens is 404 g/mol. The molecule has 1 fully saturated rings. The van der Waals surface area contributed by atoms with E-state index in [1.54, 1.807) is 25.5 Å². The van der Waals surface area contributed by atoms with Crippen molar-refractivity contribution >= 4 is 5.97 Å². The van der Waals surface area contributed by atoms with Crippen LogP contribution in [0.3, 0.4) is 0 Å². The molecule has 2 atom stereocenters. The van der Waals surface area contributed by atoms with E-state index in [1.807, 2.05) is 0 Å². The molecule has 2 aliphatic rings. The predicted octanol–water partition coefficient (Wildman–Crippen LogP) is 5.01. The summed E-state index contributed by atoms with van der Waals surface area (Å²) in [4.78, 5) is 16.8. The van der Waals surface area contributed by atoms with Crippen molar-refractivity contribution in [2.75, 3.05) is 6.61 Å². The number of nitrogens with zero attached hydrogens (tertiary/aromatic N) is 3. The summed E-state index contributed by atoms with van der Waals surface area (Å²) in [5, 5.41) is 4.66. The number of benzene rings is 1. The number of hydrogen-bond donors (Lipinski definition) is 0. The molecule has 0 spiro atoms. The van der Waals surface area contributed by atoms with Gasteiger partial charge in [0.05, 0.1) is 18.5 Å². The summed E-state index contributed by atoms with van der Waals surface area (Å²) in [5.41, 5.74) is 1.71. The molecule has 8 heteroatoms. The van der Waals surface area contributed by atoms with Crippen LogP contribution in [0.1, 0.15) is 68.9 Å². The Hall–Kier alpha value is -3.03. The Morgan fingerprint density at radius 2 is 2.06 bits per heavy atom. The molecule has 5 rings (SSSR count). The fourth-order valence-corrected chi connectivity index (χ4v) is 4.81. The van der Waals surface area contributed by atoms with E-state index < -0.39 is 23.0 Å². The van der Waals surface area contributed by atoms with Gasteiger partial charge in [-0.15, -0.1) is 0 Å². The molecule has 0 radical (unpaired) electrons. The second-order valence-corrected chi connectivity index (χ2v) is 8.74. The highest BCUT2D eigenvalue weighted by Gasteiger charge is 2.44. The number of carbonyl (C=O) groups is 1. The van der Waals surface area contributed by atoms with E-state index in [1.165, 1.54) is 18.3 Å². The number of carbonyl (C=O) groups excluding carboxylic acids is 1. The molecule has 0 N–H and O–H groups in total. The maximum Gasteiger partial charge on any atom is 0.319 e. The fourth-order valence-electron chi connectivity index (χ4n) is 4.81. The standard InChI is InChI=1S/C23H23F2N3O3/c1-4-30-22(29)23(2,3)17-11-26-21(31-17)19-18-12-5-6-13(9-12)20(18)28(27-19)16-8-7-14(24)10-15(16)25/h7-8,10-13H,4-6,9H2,1-3H3/t12-,13-/m1/s1. The van der Waals surface area contributed by atoms with Crippen LogP contribution >= 0.6 is 0 Å². The van der Waals surface area contributed by atoms with Crippen LogP contribution in [0.5, 0.6) is 0 Å². The first kappa shape index (κ1) is 19.9. The van der Waals surface area contributed by atoms with E-state index in [0.29, 0.717) is 17.4 Å². The SMILES string of the molecule is CCOC(=O)C(C)(C)c1cnc(-c2nn(-c3ccc(F)cc3F)c3c2[C@@H]2CC[C@@H]3C2)o1. The summed E-state index contributed by atoms with van der Waals surface area (Å²) >= 11 is 0. The highest BCUT2D eigenvalue weighted by molar-refractivity contribution is 5.81. The highest BCUT2D eigenvalue weighted by atomic mass is 19.1. The number of aromatic nitrogens is 3. The lowest BCUT2D eigenvalue weighted by atomic mass is 9.91. The Morgan fingerprint density at radius 3 is 2.81 bits per heavy atom.